The zero-order valence-corrected chi connectivity index (χ0v) is 10.4. The van der Waals surface area contributed by atoms with E-state index in [9.17, 15) is 0 Å². The predicted octanol–water partition coefficient (Wildman–Crippen LogP) is 2.47. The molecule has 2 N–H and O–H groups in total. The van der Waals surface area contributed by atoms with E-state index in [1.165, 1.54) is 5.56 Å². The first-order chi connectivity index (χ1) is 7.46. The smallest absolute Gasteiger partial charge is 0.0762 e. The summed E-state index contributed by atoms with van der Waals surface area (Å²) in [6, 6.07) is 2.20. The molecule has 1 fully saturated rings. The lowest BCUT2D eigenvalue weighted by atomic mass is 10.1. The first-order valence-corrected chi connectivity index (χ1v) is 6.05. The summed E-state index contributed by atoms with van der Waals surface area (Å²) in [4.78, 5) is 0. The molecule has 2 atom stereocenters. The third kappa shape index (κ3) is 2.66. The van der Waals surface area contributed by atoms with Crippen molar-refractivity contribution in [2.24, 2.45) is 5.73 Å². The molecule has 0 aliphatic carbocycles. The highest BCUT2D eigenvalue weighted by molar-refractivity contribution is 5.14. The van der Waals surface area contributed by atoms with Crippen molar-refractivity contribution in [1.82, 2.24) is 4.57 Å². The predicted molar refractivity (Wildman–Crippen MR) is 65.2 cm³/mol. The number of hydrogen-bond acceptors (Lipinski definition) is 2. The Morgan fingerprint density at radius 2 is 2.38 bits per heavy atom. The van der Waals surface area contributed by atoms with Gasteiger partial charge in [0.15, 0.2) is 0 Å². The van der Waals surface area contributed by atoms with Crippen LogP contribution in [0.15, 0.2) is 18.5 Å². The molecule has 0 saturated carbocycles. The van der Waals surface area contributed by atoms with Crippen LogP contribution in [0.5, 0.6) is 0 Å². The zero-order valence-electron chi connectivity index (χ0n) is 10.4. The van der Waals surface area contributed by atoms with E-state index < -0.39 is 0 Å². The molecule has 1 aromatic heterocycles. The molecule has 1 saturated heterocycles. The lowest BCUT2D eigenvalue weighted by Crippen LogP contribution is -2.22. The maximum absolute atomic E-state index is 5.97. The molecule has 0 spiro atoms. The highest BCUT2D eigenvalue weighted by Crippen LogP contribution is 2.30. The normalized spacial score (nSPS) is 25.9. The maximum atomic E-state index is 5.97. The Bertz CT molecular complexity index is 355. The second-order valence-corrected chi connectivity index (χ2v) is 5.47. The van der Waals surface area contributed by atoms with Crippen LogP contribution in [0.1, 0.15) is 45.2 Å². The van der Waals surface area contributed by atoms with E-state index in [2.05, 4.69) is 36.9 Å². The minimum absolute atomic E-state index is 0.0573. The van der Waals surface area contributed by atoms with Crippen molar-refractivity contribution in [1.29, 1.82) is 0 Å². The van der Waals surface area contributed by atoms with Crippen LogP contribution in [0.3, 0.4) is 0 Å². The van der Waals surface area contributed by atoms with E-state index in [-0.39, 0.29) is 11.6 Å². The molecular formula is C13H22N2O. The summed E-state index contributed by atoms with van der Waals surface area (Å²) in [5, 5.41) is 0. The van der Waals surface area contributed by atoms with E-state index in [4.69, 9.17) is 10.5 Å². The van der Waals surface area contributed by atoms with Crippen LogP contribution in [-0.2, 0) is 11.3 Å². The molecule has 2 rings (SSSR count). The molecule has 0 aromatic carbocycles. The van der Waals surface area contributed by atoms with Crippen molar-refractivity contribution in [3.63, 3.8) is 0 Å². The van der Waals surface area contributed by atoms with Gasteiger partial charge in [-0.2, -0.15) is 0 Å². The van der Waals surface area contributed by atoms with Crippen LogP contribution in [0.25, 0.3) is 0 Å². The van der Waals surface area contributed by atoms with Crippen molar-refractivity contribution in [2.75, 3.05) is 0 Å². The molecule has 3 heteroatoms. The van der Waals surface area contributed by atoms with Gasteiger partial charge in [0.2, 0.25) is 0 Å². The summed E-state index contributed by atoms with van der Waals surface area (Å²) in [5.41, 5.74) is 7.08. The molecule has 0 radical (unpaired) electrons. The lowest BCUT2D eigenvalue weighted by molar-refractivity contribution is -0.0216. The van der Waals surface area contributed by atoms with Gasteiger partial charge < -0.3 is 15.0 Å². The molecule has 1 aliphatic rings. The fourth-order valence-electron chi connectivity index (χ4n) is 2.28. The van der Waals surface area contributed by atoms with Crippen LogP contribution in [-0.4, -0.2) is 16.3 Å². The van der Waals surface area contributed by atoms with Crippen LogP contribution in [0.4, 0.5) is 0 Å². The summed E-state index contributed by atoms with van der Waals surface area (Å²) in [5.74, 6) is 0. The fourth-order valence-corrected chi connectivity index (χ4v) is 2.28. The maximum Gasteiger partial charge on any atom is 0.0762 e. The molecule has 1 aliphatic heterocycles. The Kier molecular flexibility index (Phi) is 3.08. The number of rotatable bonds is 3. The monoisotopic (exact) mass is 222 g/mol. The van der Waals surface area contributed by atoms with Gasteiger partial charge in [0.05, 0.1) is 11.7 Å². The largest absolute Gasteiger partial charge is 0.370 e. The molecule has 2 heterocycles. The Labute approximate surface area is 97.6 Å². The molecular weight excluding hydrogens is 200 g/mol. The van der Waals surface area contributed by atoms with Crippen molar-refractivity contribution in [2.45, 2.75) is 57.9 Å². The van der Waals surface area contributed by atoms with Crippen molar-refractivity contribution >= 4 is 0 Å². The molecule has 1 aromatic rings. The molecule has 2 unspecified atom stereocenters. The highest BCUT2D eigenvalue weighted by Gasteiger charge is 2.31. The van der Waals surface area contributed by atoms with Gasteiger partial charge in [-0.15, -0.1) is 0 Å². The second-order valence-electron chi connectivity index (χ2n) is 5.47. The average Bonchev–Trinajstić information content (AvgIpc) is 2.73. The van der Waals surface area contributed by atoms with E-state index in [1.807, 2.05) is 6.92 Å². The van der Waals surface area contributed by atoms with Crippen molar-refractivity contribution < 1.29 is 4.74 Å². The van der Waals surface area contributed by atoms with Crippen LogP contribution >= 0.6 is 0 Å². The van der Waals surface area contributed by atoms with Gasteiger partial charge in [0, 0.05) is 25.0 Å². The van der Waals surface area contributed by atoms with Gasteiger partial charge in [0.1, 0.15) is 0 Å². The van der Waals surface area contributed by atoms with E-state index >= 15 is 0 Å². The highest BCUT2D eigenvalue weighted by atomic mass is 16.5. The van der Waals surface area contributed by atoms with Gasteiger partial charge >= 0.3 is 0 Å². The summed E-state index contributed by atoms with van der Waals surface area (Å²) in [7, 11) is 0. The third-order valence-corrected chi connectivity index (χ3v) is 3.27. The fraction of sp³-hybridized carbons (Fsp3) is 0.692. The number of nitrogens with zero attached hydrogens (tertiary/aromatic N) is 1. The Hall–Kier alpha value is -0.800. The third-order valence-electron chi connectivity index (χ3n) is 3.27. The summed E-state index contributed by atoms with van der Waals surface area (Å²) < 4.78 is 8.16. The topological polar surface area (TPSA) is 40.2 Å². The molecule has 3 nitrogen and oxygen atoms in total. The van der Waals surface area contributed by atoms with Gasteiger partial charge in [-0.05, 0) is 45.2 Å². The van der Waals surface area contributed by atoms with Crippen LogP contribution in [0.2, 0.25) is 0 Å². The second kappa shape index (κ2) is 4.22. The van der Waals surface area contributed by atoms with Crippen molar-refractivity contribution in [3.8, 4) is 0 Å². The van der Waals surface area contributed by atoms with E-state index in [0.717, 1.165) is 19.4 Å². The first-order valence-electron chi connectivity index (χ1n) is 6.05. The van der Waals surface area contributed by atoms with Gasteiger partial charge in [-0.3, -0.25) is 0 Å². The summed E-state index contributed by atoms with van der Waals surface area (Å²) in [6.07, 6.45) is 6.87. The Balaban J connectivity index is 1.94. The Morgan fingerprint density at radius 3 is 2.88 bits per heavy atom. The minimum atomic E-state index is 0.0573. The molecule has 90 valence electrons. The van der Waals surface area contributed by atoms with Gasteiger partial charge in [0.25, 0.3) is 0 Å². The number of nitrogens with two attached hydrogens (primary N) is 1. The van der Waals surface area contributed by atoms with Crippen LogP contribution < -0.4 is 5.73 Å². The average molecular weight is 222 g/mol. The van der Waals surface area contributed by atoms with Crippen molar-refractivity contribution in [3.05, 3.63) is 24.0 Å². The van der Waals surface area contributed by atoms with E-state index in [0.29, 0.717) is 6.10 Å². The number of ether oxygens (including phenoxy) is 1. The number of aromatic nitrogens is 1. The molecule has 16 heavy (non-hydrogen) atoms. The van der Waals surface area contributed by atoms with Gasteiger partial charge in [-0.25, -0.2) is 0 Å². The lowest BCUT2D eigenvalue weighted by Gasteiger charge is -2.19. The standard InChI is InChI=1S/C13H22N2O/c1-10(14)11-5-7-15(8-11)9-12-4-6-13(2,3)16-12/h5,7-8,10,12H,4,6,9,14H2,1-3H3. The quantitative estimate of drug-likeness (QED) is 0.853. The molecule has 0 bridgehead atoms. The summed E-state index contributed by atoms with van der Waals surface area (Å²) in [6.45, 7) is 7.27. The SMILES string of the molecule is CC(N)c1ccn(CC2CCC(C)(C)O2)c1. The summed E-state index contributed by atoms with van der Waals surface area (Å²) >= 11 is 0. The van der Waals surface area contributed by atoms with Gasteiger partial charge in [-0.1, -0.05) is 0 Å². The van der Waals surface area contributed by atoms with Crippen LogP contribution in [0, 0.1) is 0 Å². The Morgan fingerprint density at radius 1 is 1.62 bits per heavy atom. The minimum Gasteiger partial charge on any atom is -0.370 e. The number of hydrogen-bond donors (Lipinski definition) is 1. The van der Waals surface area contributed by atoms with E-state index in [1.54, 1.807) is 0 Å². The first kappa shape index (κ1) is 11.7. The molecule has 0 amide bonds. The zero-order chi connectivity index (χ0) is 11.8.